The standard InChI is InChI=1S/C37H35N3O8/c1-3-46-31-18-26(19-32(47-4-2)33(31)23-6-5-7-24(16-23)36(44)45)35(43)40-14-12-37(13-15-40)20-29(41)27-17-22(9-11-30(27)48-37)28-10-8-25(21-39-28)34(38)42/h5-11,16-19,21H,3-4,12-15,20H2,1-2H3,(H2,38,42)(H,44,45). The largest absolute Gasteiger partial charge is 0.493 e. The Balaban J connectivity index is 1.21. The van der Waals surface area contributed by atoms with Crippen molar-refractivity contribution in [2.75, 3.05) is 26.3 Å². The van der Waals surface area contributed by atoms with Gasteiger partial charge < -0.3 is 30.0 Å². The molecule has 1 aromatic heterocycles. The van der Waals surface area contributed by atoms with Gasteiger partial charge in [-0.05, 0) is 74.0 Å². The van der Waals surface area contributed by atoms with Crippen molar-refractivity contribution in [1.82, 2.24) is 9.88 Å². The van der Waals surface area contributed by atoms with Crippen LogP contribution < -0.4 is 19.9 Å². The summed E-state index contributed by atoms with van der Waals surface area (Å²) < 4.78 is 18.4. The van der Waals surface area contributed by atoms with Crippen LogP contribution in [0.2, 0.25) is 0 Å². The van der Waals surface area contributed by atoms with Gasteiger partial charge in [0.2, 0.25) is 5.91 Å². The second-order valence-electron chi connectivity index (χ2n) is 11.8. The summed E-state index contributed by atoms with van der Waals surface area (Å²) in [5.41, 5.74) is 8.36. The van der Waals surface area contributed by atoms with Crippen LogP contribution in [0.5, 0.6) is 17.2 Å². The van der Waals surface area contributed by atoms with E-state index < -0.39 is 17.5 Å². The number of piperidine rings is 1. The second-order valence-corrected chi connectivity index (χ2v) is 11.8. The van der Waals surface area contributed by atoms with Gasteiger partial charge in [0.05, 0.1) is 47.6 Å². The number of pyridine rings is 1. The third-order valence-electron chi connectivity index (χ3n) is 8.71. The predicted molar refractivity (Wildman–Crippen MR) is 177 cm³/mol. The third-order valence-corrected chi connectivity index (χ3v) is 8.71. The number of amides is 2. The molecule has 1 saturated heterocycles. The van der Waals surface area contributed by atoms with Crippen molar-refractivity contribution in [3.8, 4) is 39.6 Å². The van der Waals surface area contributed by atoms with Crippen LogP contribution in [0.3, 0.4) is 0 Å². The van der Waals surface area contributed by atoms with E-state index in [0.717, 1.165) is 5.56 Å². The molecule has 11 nitrogen and oxygen atoms in total. The molecular weight excluding hydrogens is 614 g/mol. The zero-order valence-electron chi connectivity index (χ0n) is 26.7. The van der Waals surface area contributed by atoms with E-state index in [1.807, 2.05) is 19.9 Å². The number of carboxylic acid groups (broad SMARTS) is 1. The van der Waals surface area contributed by atoms with Crippen LogP contribution in [0.1, 0.15) is 74.5 Å². The minimum Gasteiger partial charge on any atom is -0.493 e. The van der Waals surface area contributed by atoms with E-state index in [2.05, 4.69) is 4.98 Å². The van der Waals surface area contributed by atoms with Gasteiger partial charge in [0.25, 0.3) is 5.91 Å². The van der Waals surface area contributed by atoms with Crippen molar-refractivity contribution in [1.29, 1.82) is 0 Å². The van der Waals surface area contributed by atoms with Gasteiger partial charge in [-0.25, -0.2) is 4.79 Å². The maximum Gasteiger partial charge on any atom is 0.335 e. The highest BCUT2D eigenvalue weighted by Gasteiger charge is 2.44. The minimum absolute atomic E-state index is 0.0445. The number of nitrogens with zero attached hydrogens (tertiary/aromatic N) is 2. The third kappa shape index (κ3) is 6.31. The number of benzene rings is 3. The van der Waals surface area contributed by atoms with E-state index in [1.165, 1.54) is 12.3 Å². The molecule has 2 aliphatic rings. The highest BCUT2D eigenvalue weighted by molar-refractivity contribution is 6.02. The van der Waals surface area contributed by atoms with Gasteiger partial charge in [0.15, 0.2) is 5.78 Å². The van der Waals surface area contributed by atoms with E-state index in [-0.39, 0.29) is 23.7 Å². The SMILES string of the molecule is CCOc1cc(C(=O)N2CCC3(CC2)CC(=O)c2cc(-c4ccc(C(N)=O)cn4)ccc2O3)cc(OCC)c1-c1cccc(C(=O)O)c1. The van der Waals surface area contributed by atoms with Crippen LogP contribution in [-0.2, 0) is 0 Å². The Morgan fingerprint density at radius 2 is 1.60 bits per heavy atom. The second kappa shape index (κ2) is 13.2. The van der Waals surface area contributed by atoms with Gasteiger partial charge >= 0.3 is 5.97 Å². The van der Waals surface area contributed by atoms with E-state index in [9.17, 15) is 24.3 Å². The molecule has 0 saturated carbocycles. The molecule has 0 bridgehead atoms. The molecule has 1 fully saturated rings. The maximum absolute atomic E-state index is 13.9. The van der Waals surface area contributed by atoms with Gasteiger partial charge in [0.1, 0.15) is 22.8 Å². The molecule has 11 heteroatoms. The molecule has 48 heavy (non-hydrogen) atoms. The number of hydrogen-bond donors (Lipinski definition) is 2. The van der Waals surface area contributed by atoms with Crippen LogP contribution in [0.25, 0.3) is 22.4 Å². The number of carbonyl (C=O) groups is 4. The average Bonchev–Trinajstić information content (AvgIpc) is 3.08. The van der Waals surface area contributed by atoms with Crippen LogP contribution >= 0.6 is 0 Å². The fourth-order valence-electron chi connectivity index (χ4n) is 6.29. The van der Waals surface area contributed by atoms with Gasteiger partial charge in [0, 0.05) is 43.3 Å². The van der Waals surface area contributed by atoms with Crippen LogP contribution in [0.4, 0.5) is 0 Å². The summed E-state index contributed by atoms with van der Waals surface area (Å²) in [6.07, 6.45) is 2.53. The number of carbonyl (C=O) groups excluding carboxylic acids is 3. The van der Waals surface area contributed by atoms with Crippen molar-refractivity contribution in [3.05, 3.63) is 95.2 Å². The Morgan fingerprint density at radius 1 is 0.896 bits per heavy atom. The Morgan fingerprint density at radius 3 is 2.21 bits per heavy atom. The summed E-state index contributed by atoms with van der Waals surface area (Å²) in [4.78, 5) is 56.4. The lowest BCUT2D eigenvalue weighted by Gasteiger charge is -2.44. The Hall–Kier alpha value is -5.71. The highest BCUT2D eigenvalue weighted by Crippen LogP contribution is 2.43. The summed E-state index contributed by atoms with van der Waals surface area (Å²) in [6.45, 7) is 5.08. The molecule has 3 N–H and O–H groups in total. The number of likely N-dealkylation sites (tertiary alicyclic amines) is 1. The smallest absolute Gasteiger partial charge is 0.335 e. The first-order valence-electron chi connectivity index (χ1n) is 15.8. The normalized spacial score (nSPS) is 15.0. The number of ketones is 1. The molecule has 3 heterocycles. The van der Waals surface area contributed by atoms with E-state index in [1.54, 1.807) is 59.5 Å². The summed E-state index contributed by atoms with van der Waals surface area (Å²) >= 11 is 0. The first-order valence-corrected chi connectivity index (χ1v) is 15.8. The first-order chi connectivity index (χ1) is 23.1. The number of aromatic nitrogens is 1. The molecule has 0 unspecified atom stereocenters. The van der Waals surface area contributed by atoms with Crippen molar-refractivity contribution in [2.45, 2.75) is 38.7 Å². The number of primary amides is 1. The first kappa shape index (κ1) is 32.2. The number of nitrogens with two attached hydrogens (primary N) is 1. The van der Waals surface area contributed by atoms with Crippen molar-refractivity contribution >= 4 is 23.6 Å². The summed E-state index contributed by atoms with van der Waals surface area (Å²) in [5, 5.41) is 9.54. The number of Topliss-reactive ketones (excluding diaryl/α,β-unsaturated/α-hetero) is 1. The fourth-order valence-corrected chi connectivity index (χ4v) is 6.29. The van der Waals surface area contributed by atoms with Crippen molar-refractivity contribution in [2.24, 2.45) is 5.73 Å². The molecule has 4 aromatic rings. The number of carboxylic acids is 1. The molecule has 2 amide bonds. The number of ether oxygens (including phenoxy) is 3. The number of hydrogen-bond acceptors (Lipinski definition) is 8. The maximum atomic E-state index is 13.9. The zero-order valence-corrected chi connectivity index (χ0v) is 26.7. The Kier molecular flexibility index (Phi) is 8.86. The van der Waals surface area contributed by atoms with Gasteiger partial charge in [-0.2, -0.15) is 0 Å². The van der Waals surface area contributed by atoms with Crippen molar-refractivity contribution in [3.63, 3.8) is 0 Å². The molecule has 0 atom stereocenters. The molecule has 1 spiro atoms. The molecule has 6 rings (SSSR count). The van der Waals surface area contributed by atoms with Gasteiger partial charge in [-0.1, -0.05) is 12.1 Å². The molecule has 0 aliphatic carbocycles. The predicted octanol–water partition coefficient (Wildman–Crippen LogP) is 5.65. The number of aromatic carboxylic acids is 1. The molecular formula is C37H35N3O8. The van der Waals surface area contributed by atoms with Crippen LogP contribution in [-0.4, -0.2) is 70.5 Å². The lowest BCUT2D eigenvalue weighted by Crippen LogP contribution is -2.52. The molecule has 246 valence electrons. The quantitative estimate of drug-likeness (QED) is 0.234. The minimum atomic E-state index is -1.05. The number of fused-ring (bicyclic) bond motifs is 1. The van der Waals surface area contributed by atoms with E-state index >= 15 is 0 Å². The van der Waals surface area contributed by atoms with E-state index in [4.69, 9.17) is 19.9 Å². The van der Waals surface area contributed by atoms with Crippen LogP contribution in [0, 0.1) is 0 Å². The summed E-state index contributed by atoms with van der Waals surface area (Å²) in [5.74, 6) is -0.543. The monoisotopic (exact) mass is 649 g/mol. The van der Waals surface area contributed by atoms with Crippen LogP contribution in [0.15, 0.2) is 72.9 Å². The Labute approximate surface area is 277 Å². The van der Waals surface area contributed by atoms with Gasteiger partial charge in [-0.3, -0.25) is 19.4 Å². The fraction of sp³-hybridized carbons (Fsp3) is 0.270. The molecule has 2 aliphatic heterocycles. The molecule has 0 radical (unpaired) electrons. The zero-order chi connectivity index (χ0) is 34.0. The molecule has 3 aromatic carbocycles. The Bertz CT molecular complexity index is 1890. The lowest BCUT2D eigenvalue weighted by molar-refractivity contribution is -0.00574. The van der Waals surface area contributed by atoms with E-state index in [0.29, 0.717) is 89.9 Å². The summed E-state index contributed by atoms with van der Waals surface area (Å²) in [6, 6.07) is 18.5. The van der Waals surface area contributed by atoms with Crippen molar-refractivity contribution < 1.29 is 38.5 Å². The summed E-state index contributed by atoms with van der Waals surface area (Å²) in [7, 11) is 0. The highest BCUT2D eigenvalue weighted by atomic mass is 16.5. The topological polar surface area (TPSA) is 158 Å². The lowest BCUT2D eigenvalue weighted by atomic mass is 9.82. The average molecular weight is 650 g/mol. The number of rotatable bonds is 9. The van der Waals surface area contributed by atoms with Gasteiger partial charge in [-0.15, -0.1) is 0 Å².